The molecule has 0 aliphatic carbocycles. The predicted octanol–water partition coefficient (Wildman–Crippen LogP) is 1.41. The van der Waals surface area contributed by atoms with E-state index >= 15 is 0 Å². The Bertz CT molecular complexity index is 603. The number of carbonyl (C=O) groups is 1. The first-order valence-corrected chi connectivity index (χ1v) is 7.80. The van der Waals surface area contributed by atoms with Gasteiger partial charge in [0.15, 0.2) is 11.6 Å². The third kappa shape index (κ3) is 4.15. The highest BCUT2D eigenvalue weighted by Gasteiger charge is 2.26. The van der Waals surface area contributed by atoms with E-state index in [2.05, 4.69) is 0 Å². The Kier molecular flexibility index (Phi) is 6.10. The lowest BCUT2D eigenvalue weighted by molar-refractivity contribution is -0.143. The standard InChI is InChI=1S/C13H18FNO5S/c1-4-15(9-13(16)20-5-2)21(17,18)10-6-7-12(19-3)11(14)8-10/h6-8H,4-5,9H2,1-3H3. The van der Waals surface area contributed by atoms with Crippen LogP contribution in [0.25, 0.3) is 0 Å². The number of methoxy groups -OCH3 is 1. The van der Waals surface area contributed by atoms with Crippen LogP contribution in [0.5, 0.6) is 5.75 Å². The number of hydrogen-bond acceptors (Lipinski definition) is 5. The number of benzene rings is 1. The molecule has 0 N–H and O–H groups in total. The number of nitrogens with zero attached hydrogens (tertiary/aromatic N) is 1. The second-order valence-corrected chi connectivity index (χ2v) is 5.97. The number of ether oxygens (including phenoxy) is 2. The van der Waals surface area contributed by atoms with Gasteiger partial charge < -0.3 is 9.47 Å². The van der Waals surface area contributed by atoms with Gasteiger partial charge in [-0.1, -0.05) is 6.92 Å². The molecule has 0 unspecified atom stereocenters. The minimum atomic E-state index is -3.98. The monoisotopic (exact) mass is 319 g/mol. The molecular formula is C13H18FNO5S. The molecule has 0 fully saturated rings. The Morgan fingerprint density at radius 1 is 1.33 bits per heavy atom. The van der Waals surface area contributed by atoms with Gasteiger partial charge >= 0.3 is 5.97 Å². The number of rotatable bonds is 7. The normalized spacial score (nSPS) is 11.5. The van der Waals surface area contributed by atoms with Crippen LogP contribution in [0.15, 0.2) is 23.1 Å². The van der Waals surface area contributed by atoms with E-state index in [1.54, 1.807) is 13.8 Å². The minimum Gasteiger partial charge on any atom is -0.494 e. The van der Waals surface area contributed by atoms with Gasteiger partial charge in [-0.15, -0.1) is 0 Å². The number of sulfonamides is 1. The summed E-state index contributed by atoms with van der Waals surface area (Å²) in [5.74, 6) is -1.50. The molecule has 0 aliphatic heterocycles. The molecule has 0 amide bonds. The molecule has 0 heterocycles. The summed E-state index contributed by atoms with van der Waals surface area (Å²) in [6, 6.07) is 3.31. The van der Waals surface area contributed by atoms with Crippen molar-refractivity contribution in [1.29, 1.82) is 0 Å². The van der Waals surface area contributed by atoms with Crippen LogP contribution < -0.4 is 4.74 Å². The van der Waals surface area contributed by atoms with Crippen LogP contribution in [0.4, 0.5) is 4.39 Å². The number of halogens is 1. The number of esters is 1. The maximum Gasteiger partial charge on any atom is 0.321 e. The lowest BCUT2D eigenvalue weighted by Gasteiger charge is -2.19. The Hall–Kier alpha value is -1.67. The van der Waals surface area contributed by atoms with Crippen LogP contribution in [0.2, 0.25) is 0 Å². The van der Waals surface area contributed by atoms with E-state index in [1.165, 1.54) is 19.2 Å². The Labute approximate surface area is 123 Å². The number of likely N-dealkylation sites (N-methyl/N-ethyl adjacent to an activating group) is 1. The third-order valence-corrected chi connectivity index (χ3v) is 4.64. The SMILES string of the molecule is CCOC(=O)CN(CC)S(=O)(=O)c1ccc(OC)c(F)c1. The molecule has 0 aliphatic rings. The molecule has 0 aromatic heterocycles. The zero-order valence-corrected chi connectivity index (χ0v) is 12.9. The Morgan fingerprint density at radius 2 is 2.00 bits per heavy atom. The van der Waals surface area contributed by atoms with Gasteiger partial charge in [-0.3, -0.25) is 4.79 Å². The summed E-state index contributed by atoms with van der Waals surface area (Å²) in [6.45, 7) is 3.01. The summed E-state index contributed by atoms with van der Waals surface area (Å²) in [5, 5.41) is 0. The van der Waals surface area contributed by atoms with E-state index < -0.39 is 28.4 Å². The van der Waals surface area contributed by atoms with Gasteiger partial charge in [0.2, 0.25) is 10.0 Å². The lowest BCUT2D eigenvalue weighted by Crippen LogP contribution is -2.36. The van der Waals surface area contributed by atoms with Crippen LogP contribution in [-0.2, 0) is 19.6 Å². The van der Waals surface area contributed by atoms with Crippen LogP contribution in [0.1, 0.15) is 13.8 Å². The van der Waals surface area contributed by atoms with Crippen molar-refractivity contribution in [2.24, 2.45) is 0 Å². The van der Waals surface area contributed by atoms with Crippen molar-refractivity contribution >= 4 is 16.0 Å². The fourth-order valence-corrected chi connectivity index (χ4v) is 3.08. The quantitative estimate of drug-likeness (QED) is 0.711. The second-order valence-electron chi connectivity index (χ2n) is 4.03. The first kappa shape index (κ1) is 17.4. The molecule has 1 aromatic carbocycles. The molecule has 8 heteroatoms. The second kappa shape index (κ2) is 7.37. The van der Waals surface area contributed by atoms with Gasteiger partial charge in [0.25, 0.3) is 0 Å². The average molecular weight is 319 g/mol. The van der Waals surface area contributed by atoms with Crippen LogP contribution in [0.3, 0.4) is 0 Å². The van der Waals surface area contributed by atoms with Crippen molar-refractivity contribution < 1.29 is 27.1 Å². The van der Waals surface area contributed by atoms with E-state index in [1.807, 2.05) is 0 Å². The first-order valence-electron chi connectivity index (χ1n) is 6.36. The van der Waals surface area contributed by atoms with E-state index in [4.69, 9.17) is 9.47 Å². The average Bonchev–Trinajstić information content (AvgIpc) is 2.44. The molecule has 1 aromatic rings. The summed E-state index contributed by atoms with van der Waals surface area (Å²) in [6.07, 6.45) is 0. The van der Waals surface area contributed by atoms with Crippen molar-refractivity contribution in [3.05, 3.63) is 24.0 Å². The summed E-state index contributed by atoms with van der Waals surface area (Å²) in [5.41, 5.74) is 0. The maximum atomic E-state index is 13.6. The fourth-order valence-electron chi connectivity index (χ4n) is 1.67. The fraction of sp³-hybridized carbons (Fsp3) is 0.462. The smallest absolute Gasteiger partial charge is 0.321 e. The Balaban J connectivity index is 3.07. The van der Waals surface area contributed by atoms with E-state index in [-0.39, 0.29) is 23.8 Å². The van der Waals surface area contributed by atoms with Crippen LogP contribution in [-0.4, -0.2) is 45.5 Å². The van der Waals surface area contributed by atoms with E-state index in [0.717, 1.165) is 10.4 Å². The molecular weight excluding hydrogens is 301 g/mol. The van der Waals surface area contributed by atoms with Crippen molar-refractivity contribution in [2.75, 3.05) is 26.8 Å². The highest BCUT2D eigenvalue weighted by atomic mass is 32.2. The summed E-state index contributed by atoms with van der Waals surface area (Å²) in [7, 11) is -2.69. The van der Waals surface area contributed by atoms with Crippen molar-refractivity contribution in [3.8, 4) is 5.75 Å². The van der Waals surface area contributed by atoms with Gasteiger partial charge in [0, 0.05) is 6.54 Å². The topological polar surface area (TPSA) is 72.9 Å². The van der Waals surface area contributed by atoms with Crippen LogP contribution in [0, 0.1) is 5.82 Å². The van der Waals surface area contributed by atoms with Gasteiger partial charge in [0.05, 0.1) is 18.6 Å². The molecule has 0 radical (unpaired) electrons. The highest BCUT2D eigenvalue weighted by molar-refractivity contribution is 7.89. The summed E-state index contributed by atoms with van der Waals surface area (Å²) in [4.78, 5) is 11.2. The molecule has 0 atom stereocenters. The minimum absolute atomic E-state index is 0.0533. The molecule has 0 saturated heterocycles. The van der Waals surface area contributed by atoms with Gasteiger partial charge in [-0.05, 0) is 25.1 Å². The predicted molar refractivity (Wildman–Crippen MR) is 74.0 cm³/mol. The van der Waals surface area contributed by atoms with E-state index in [9.17, 15) is 17.6 Å². The van der Waals surface area contributed by atoms with Gasteiger partial charge in [0.1, 0.15) is 6.54 Å². The first-order chi connectivity index (χ1) is 9.86. The summed E-state index contributed by atoms with van der Waals surface area (Å²) >= 11 is 0. The van der Waals surface area contributed by atoms with Gasteiger partial charge in [-0.25, -0.2) is 12.8 Å². The van der Waals surface area contributed by atoms with Crippen molar-refractivity contribution in [1.82, 2.24) is 4.31 Å². The van der Waals surface area contributed by atoms with Gasteiger partial charge in [-0.2, -0.15) is 4.31 Å². The number of hydrogen-bond donors (Lipinski definition) is 0. The molecule has 0 spiro atoms. The summed E-state index contributed by atoms with van der Waals surface area (Å²) < 4.78 is 48.8. The van der Waals surface area contributed by atoms with Crippen molar-refractivity contribution in [2.45, 2.75) is 18.7 Å². The molecule has 21 heavy (non-hydrogen) atoms. The maximum absolute atomic E-state index is 13.6. The molecule has 0 bridgehead atoms. The number of carbonyl (C=O) groups excluding carboxylic acids is 1. The van der Waals surface area contributed by atoms with Crippen molar-refractivity contribution in [3.63, 3.8) is 0 Å². The molecule has 0 saturated carbocycles. The molecule has 1 rings (SSSR count). The van der Waals surface area contributed by atoms with Crippen LogP contribution >= 0.6 is 0 Å². The van der Waals surface area contributed by atoms with E-state index in [0.29, 0.717) is 0 Å². The zero-order chi connectivity index (χ0) is 16.0. The zero-order valence-electron chi connectivity index (χ0n) is 12.1. The highest BCUT2D eigenvalue weighted by Crippen LogP contribution is 2.23. The molecule has 118 valence electrons. The molecule has 6 nitrogen and oxygen atoms in total. The Morgan fingerprint density at radius 3 is 2.48 bits per heavy atom. The third-order valence-electron chi connectivity index (χ3n) is 2.72. The largest absolute Gasteiger partial charge is 0.494 e. The lowest BCUT2D eigenvalue weighted by atomic mass is 10.3.